The zero-order chi connectivity index (χ0) is 26.4. The highest BCUT2D eigenvalue weighted by atomic mass is 16.6. The molecule has 0 saturated carbocycles. The first-order valence-electron chi connectivity index (χ1n) is 11.2. The van der Waals surface area contributed by atoms with Gasteiger partial charge in [-0.3, -0.25) is 4.79 Å². The number of carbonyl (C=O) groups excluding carboxylic acids is 3. The third-order valence-corrected chi connectivity index (χ3v) is 5.59. The molecule has 186 valence electrons. The zero-order valence-corrected chi connectivity index (χ0v) is 20.4. The fraction of sp³-hybridized carbons (Fsp3) is 0.214. The molecule has 8 heteroatoms. The van der Waals surface area contributed by atoms with E-state index in [1.165, 1.54) is 24.3 Å². The zero-order valence-electron chi connectivity index (χ0n) is 20.4. The molecule has 0 fully saturated rings. The van der Waals surface area contributed by atoms with Crippen molar-refractivity contribution in [2.75, 3.05) is 5.32 Å². The number of anilines is 1. The van der Waals surface area contributed by atoms with Crippen LogP contribution < -0.4 is 5.32 Å². The Morgan fingerprint density at radius 2 is 1.14 bits per heavy atom. The van der Waals surface area contributed by atoms with Gasteiger partial charge >= 0.3 is 17.9 Å². The highest BCUT2D eigenvalue weighted by Gasteiger charge is 2.41. The van der Waals surface area contributed by atoms with Crippen molar-refractivity contribution >= 4 is 29.5 Å². The largest absolute Gasteiger partial charge is 0.478 e. The average molecular weight is 490 g/mol. The number of esters is 2. The van der Waals surface area contributed by atoms with Gasteiger partial charge in [0.1, 0.15) is 0 Å². The molecule has 0 aromatic heterocycles. The second kappa shape index (κ2) is 11.3. The molecular formula is C28H27NO7. The van der Waals surface area contributed by atoms with Gasteiger partial charge in [0.15, 0.2) is 0 Å². The Bertz CT molecular complexity index is 1280. The Balaban J connectivity index is 1.92. The van der Waals surface area contributed by atoms with Gasteiger partial charge in [-0.2, -0.15) is 0 Å². The van der Waals surface area contributed by atoms with Gasteiger partial charge in [-0.1, -0.05) is 41.5 Å². The summed E-state index contributed by atoms with van der Waals surface area (Å²) in [5.74, 6) is -4.51. The molecule has 0 spiro atoms. The summed E-state index contributed by atoms with van der Waals surface area (Å²) in [7, 11) is 0. The standard InChI is InChI=1S/C28H27NO7/c1-16-5-10-20(11-6-16)27(33)35-23(25(30)29-22-14-9-18(3)19(4)15-22)24(26(31)32)36-28(34)21-12-7-17(2)8-13-21/h5-15,23-24H,1-4H3,(H,29,30)(H,31,32)/t23-,24+/m0/s1. The lowest BCUT2D eigenvalue weighted by atomic mass is 10.1. The quantitative estimate of drug-likeness (QED) is 0.450. The number of aliphatic carboxylic acids is 1. The second-order valence-electron chi connectivity index (χ2n) is 8.51. The maximum absolute atomic E-state index is 13.2. The summed E-state index contributed by atoms with van der Waals surface area (Å²) in [5.41, 5.74) is 4.23. The van der Waals surface area contributed by atoms with Crippen molar-refractivity contribution in [3.8, 4) is 0 Å². The topological polar surface area (TPSA) is 119 Å². The van der Waals surface area contributed by atoms with E-state index in [0.29, 0.717) is 5.69 Å². The fourth-order valence-electron chi connectivity index (χ4n) is 3.27. The van der Waals surface area contributed by atoms with Crippen molar-refractivity contribution in [2.45, 2.75) is 39.9 Å². The van der Waals surface area contributed by atoms with Crippen LogP contribution in [0.25, 0.3) is 0 Å². The highest BCUT2D eigenvalue weighted by Crippen LogP contribution is 2.18. The maximum Gasteiger partial charge on any atom is 0.349 e. The van der Waals surface area contributed by atoms with E-state index in [9.17, 15) is 24.3 Å². The van der Waals surface area contributed by atoms with Crippen molar-refractivity contribution in [1.29, 1.82) is 0 Å². The molecule has 0 heterocycles. The molecule has 3 aromatic carbocycles. The molecule has 0 aliphatic carbocycles. The summed E-state index contributed by atoms with van der Waals surface area (Å²) < 4.78 is 10.5. The number of amides is 1. The van der Waals surface area contributed by atoms with E-state index in [0.717, 1.165) is 22.3 Å². The number of rotatable bonds is 8. The van der Waals surface area contributed by atoms with Gasteiger partial charge in [0, 0.05) is 5.69 Å². The Morgan fingerprint density at radius 1 is 0.667 bits per heavy atom. The minimum absolute atomic E-state index is 0.0880. The van der Waals surface area contributed by atoms with Crippen molar-refractivity contribution in [3.05, 3.63) is 100 Å². The highest BCUT2D eigenvalue weighted by molar-refractivity contribution is 6.01. The molecule has 2 atom stereocenters. The van der Waals surface area contributed by atoms with Gasteiger partial charge in [0.05, 0.1) is 11.1 Å². The van der Waals surface area contributed by atoms with Crippen molar-refractivity contribution < 1.29 is 33.8 Å². The van der Waals surface area contributed by atoms with Gasteiger partial charge in [0.2, 0.25) is 12.2 Å². The van der Waals surface area contributed by atoms with Gasteiger partial charge < -0.3 is 19.9 Å². The fourth-order valence-corrected chi connectivity index (χ4v) is 3.27. The first kappa shape index (κ1) is 26.2. The van der Waals surface area contributed by atoms with Crippen LogP contribution in [0.15, 0.2) is 66.7 Å². The molecule has 0 unspecified atom stereocenters. The maximum atomic E-state index is 13.2. The van der Waals surface area contributed by atoms with Gasteiger partial charge in [-0.05, 0) is 75.2 Å². The summed E-state index contributed by atoms with van der Waals surface area (Å²) in [5, 5.41) is 12.4. The monoisotopic (exact) mass is 489 g/mol. The van der Waals surface area contributed by atoms with Crippen molar-refractivity contribution in [1.82, 2.24) is 0 Å². The van der Waals surface area contributed by atoms with Crippen LogP contribution in [0.4, 0.5) is 5.69 Å². The number of aryl methyl sites for hydroxylation is 4. The normalized spacial score (nSPS) is 12.2. The summed E-state index contributed by atoms with van der Waals surface area (Å²) in [6, 6.07) is 17.7. The lowest BCUT2D eigenvalue weighted by Gasteiger charge is -2.24. The second-order valence-corrected chi connectivity index (χ2v) is 8.51. The van der Waals surface area contributed by atoms with E-state index in [2.05, 4.69) is 5.32 Å². The Hall–Kier alpha value is -4.46. The number of ether oxygens (including phenoxy) is 2. The van der Waals surface area contributed by atoms with E-state index in [4.69, 9.17) is 9.47 Å². The summed E-state index contributed by atoms with van der Waals surface area (Å²) in [4.78, 5) is 50.8. The van der Waals surface area contributed by atoms with Gasteiger partial charge in [0.25, 0.3) is 5.91 Å². The molecule has 2 N–H and O–H groups in total. The number of carboxylic acid groups (broad SMARTS) is 1. The van der Waals surface area contributed by atoms with Crippen LogP contribution in [-0.4, -0.2) is 41.1 Å². The smallest absolute Gasteiger partial charge is 0.349 e. The predicted octanol–water partition coefficient (Wildman–Crippen LogP) is 4.39. The SMILES string of the molecule is Cc1ccc(C(=O)O[C@H](C(=O)Nc2ccc(C)c(C)c2)[C@@H](OC(=O)c2ccc(C)cc2)C(=O)O)cc1. The molecule has 3 aromatic rings. The number of benzene rings is 3. The first-order valence-corrected chi connectivity index (χ1v) is 11.2. The molecule has 8 nitrogen and oxygen atoms in total. The van der Waals surface area contributed by atoms with E-state index >= 15 is 0 Å². The first-order chi connectivity index (χ1) is 17.0. The number of hydrogen-bond acceptors (Lipinski definition) is 6. The summed E-state index contributed by atoms with van der Waals surface area (Å²) in [6.45, 7) is 7.41. The molecule has 36 heavy (non-hydrogen) atoms. The number of carbonyl (C=O) groups is 4. The molecule has 3 rings (SSSR count). The van der Waals surface area contributed by atoms with E-state index in [1.807, 2.05) is 27.7 Å². The molecule has 0 saturated heterocycles. The Kier molecular flexibility index (Phi) is 8.22. The number of hydrogen-bond donors (Lipinski definition) is 2. The minimum Gasteiger partial charge on any atom is -0.478 e. The molecule has 0 aliphatic rings. The molecule has 0 radical (unpaired) electrons. The van der Waals surface area contributed by atoms with Crippen LogP contribution in [0, 0.1) is 27.7 Å². The lowest BCUT2D eigenvalue weighted by molar-refractivity contribution is -0.157. The average Bonchev–Trinajstić information content (AvgIpc) is 2.84. The van der Waals surface area contributed by atoms with E-state index < -0.39 is 36.0 Å². The van der Waals surface area contributed by atoms with E-state index in [-0.39, 0.29) is 11.1 Å². The third-order valence-electron chi connectivity index (χ3n) is 5.59. The van der Waals surface area contributed by atoms with Crippen LogP contribution in [0.2, 0.25) is 0 Å². The van der Waals surface area contributed by atoms with E-state index in [1.54, 1.807) is 42.5 Å². The van der Waals surface area contributed by atoms with Crippen LogP contribution in [0.1, 0.15) is 43.0 Å². The van der Waals surface area contributed by atoms with Crippen LogP contribution >= 0.6 is 0 Å². The van der Waals surface area contributed by atoms with Crippen LogP contribution in [-0.2, 0) is 19.1 Å². The van der Waals surface area contributed by atoms with Crippen LogP contribution in [0.5, 0.6) is 0 Å². The van der Waals surface area contributed by atoms with Crippen LogP contribution in [0.3, 0.4) is 0 Å². The van der Waals surface area contributed by atoms with Gasteiger partial charge in [-0.15, -0.1) is 0 Å². The lowest BCUT2D eigenvalue weighted by Crippen LogP contribution is -2.48. The molecule has 0 aliphatic heterocycles. The van der Waals surface area contributed by atoms with Crippen molar-refractivity contribution in [2.24, 2.45) is 0 Å². The summed E-state index contributed by atoms with van der Waals surface area (Å²) in [6.07, 6.45) is -4.06. The Labute approximate surface area is 208 Å². The van der Waals surface area contributed by atoms with Gasteiger partial charge in [-0.25, -0.2) is 14.4 Å². The molecule has 1 amide bonds. The minimum atomic E-state index is -2.10. The Morgan fingerprint density at radius 3 is 1.58 bits per heavy atom. The number of carboxylic acids is 1. The summed E-state index contributed by atoms with van der Waals surface area (Å²) >= 11 is 0. The predicted molar refractivity (Wildman–Crippen MR) is 133 cm³/mol. The third kappa shape index (κ3) is 6.56. The number of nitrogens with one attached hydrogen (secondary N) is 1. The van der Waals surface area contributed by atoms with Crippen molar-refractivity contribution in [3.63, 3.8) is 0 Å². The molecular weight excluding hydrogens is 462 g/mol. The molecule has 0 bridgehead atoms.